The van der Waals surface area contributed by atoms with Crippen molar-refractivity contribution in [3.63, 3.8) is 0 Å². The lowest BCUT2D eigenvalue weighted by molar-refractivity contribution is -0.129. The number of carbonyl (C=O) groups excluding carboxylic acids is 3. The molecular weight excluding hydrogens is 562 g/mol. The van der Waals surface area contributed by atoms with Crippen LogP contribution in [0.1, 0.15) is 66.2 Å². The van der Waals surface area contributed by atoms with Gasteiger partial charge in [0.2, 0.25) is 5.91 Å². The van der Waals surface area contributed by atoms with Crippen LogP contribution in [0.25, 0.3) is 0 Å². The normalized spacial score (nSPS) is 12.5. The molecule has 2 N–H and O–H groups in total. The molecule has 45 heavy (non-hydrogen) atoms. The molecule has 0 saturated heterocycles. The number of amides is 3. The van der Waals surface area contributed by atoms with Gasteiger partial charge in [-0.1, -0.05) is 96.6 Å². The van der Waals surface area contributed by atoms with Gasteiger partial charge in [-0.05, 0) is 87.9 Å². The molecule has 0 spiro atoms. The van der Waals surface area contributed by atoms with Crippen LogP contribution in [-0.2, 0) is 20.7 Å². The van der Waals surface area contributed by atoms with Gasteiger partial charge in [-0.2, -0.15) is 0 Å². The van der Waals surface area contributed by atoms with Gasteiger partial charge in [0.25, 0.3) is 5.91 Å². The number of aryl methyl sites for hydroxylation is 3. The summed E-state index contributed by atoms with van der Waals surface area (Å²) in [6.45, 7) is 11.8. The summed E-state index contributed by atoms with van der Waals surface area (Å²) in [4.78, 5) is 43.3. The first-order valence-electron chi connectivity index (χ1n) is 15.3. The molecule has 0 aromatic heterocycles. The Hall–Kier alpha value is -4.91. The molecule has 4 aromatic rings. The van der Waals surface area contributed by atoms with Crippen LogP contribution in [0.2, 0.25) is 0 Å². The van der Waals surface area contributed by atoms with E-state index in [4.69, 9.17) is 4.74 Å². The second kappa shape index (κ2) is 14.7. The van der Waals surface area contributed by atoms with Crippen molar-refractivity contribution in [3.05, 3.63) is 137 Å². The molecule has 0 saturated carbocycles. The molecule has 4 aromatic carbocycles. The summed E-state index contributed by atoms with van der Waals surface area (Å²) in [5.41, 5.74) is 5.64. The van der Waals surface area contributed by atoms with Gasteiger partial charge in [-0.3, -0.25) is 9.59 Å². The number of anilines is 1. The first-order valence-corrected chi connectivity index (χ1v) is 15.3. The molecule has 7 heteroatoms. The standard InChI is InChI=1S/C38H43N3O4/c1-26-17-20-29(21-18-26)23-24-41(32-22-19-27(2)28(3)25-32)36(43)34(31-15-11-8-12-16-31)39-35(42)33(30-13-9-7-10-14-30)40-37(44)45-38(4,5)6/h7-22,25,33-34H,23-24H2,1-6H3,(H,39,42)(H,40,44)/t33?,34-/m0/s1. The van der Waals surface area contributed by atoms with E-state index in [1.807, 2.05) is 75.4 Å². The Balaban J connectivity index is 1.70. The molecule has 7 nitrogen and oxygen atoms in total. The van der Waals surface area contributed by atoms with E-state index in [1.165, 1.54) is 5.56 Å². The van der Waals surface area contributed by atoms with E-state index >= 15 is 0 Å². The Morgan fingerprint density at radius 2 is 1.29 bits per heavy atom. The topological polar surface area (TPSA) is 87.7 Å². The smallest absolute Gasteiger partial charge is 0.408 e. The summed E-state index contributed by atoms with van der Waals surface area (Å²) in [7, 11) is 0. The first-order chi connectivity index (χ1) is 21.4. The number of carbonyl (C=O) groups is 3. The van der Waals surface area contributed by atoms with E-state index in [0.29, 0.717) is 24.1 Å². The molecule has 3 amide bonds. The summed E-state index contributed by atoms with van der Waals surface area (Å²) in [5, 5.41) is 5.69. The van der Waals surface area contributed by atoms with Crippen LogP contribution in [-0.4, -0.2) is 30.1 Å². The largest absolute Gasteiger partial charge is 0.444 e. The lowest BCUT2D eigenvalue weighted by Crippen LogP contribution is -2.48. The van der Waals surface area contributed by atoms with Gasteiger partial charge in [0.05, 0.1) is 0 Å². The zero-order valence-electron chi connectivity index (χ0n) is 27.0. The van der Waals surface area contributed by atoms with Crippen molar-refractivity contribution in [2.75, 3.05) is 11.4 Å². The van der Waals surface area contributed by atoms with Gasteiger partial charge in [-0.25, -0.2) is 4.79 Å². The summed E-state index contributed by atoms with van der Waals surface area (Å²) >= 11 is 0. The molecule has 0 bridgehead atoms. The van der Waals surface area contributed by atoms with Crippen molar-refractivity contribution in [2.45, 2.75) is 65.6 Å². The zero-order valence-corrected chi connectivity index (χ0v) is 27.0. The van der Waals surface area contributed by atoms with E-state index < -0.39 is 29.7 Å². The Morgan fingerprint density at radius 3 is 1.84 bits per heavy atom. The second-order valence-corrected chi connectivity index (χ2v) is 12.3. The molecule has 0 fully saturated rings. The predicted molar refractivity (Wildman–Crippen MR) is 179 cm³/mol. The summed E-state index contributed by atoms with van der Waals surface area (Å²) < 4.78 is 5.47. The maximum absolute atomic E-state index is 14.6. The van der Waals surface area contributed by atoms with Crippen LogP contribution in [0.3, 0.4) is 0 Å². The molecule has 4 rings (SSSR count). The minimum atomic E-state index is -1.09. The summed E-state index contributed by atoms with van der Waals surface area (Å²) in [5.74, 6) is -0.818. The minimum Gasteiger partial charge on any atom is -0.444 e. The average molecular weight is 606 g/mol. The maximum Gasteiger partial charge on any atom is 0.408 e. The number of hydrogen-bond donors (Lipinski definition) is 2. The summed E-state index contributed by atoms with van der Waals surface area (Å²) in [6.07, 6.45) is -0.106. The zero-order chi connectivity index (χ0) is 32.6. The SMILES string of the molecule is Cc1ccc(CCN(C(=O)[C@@H](NC(=O)C(NC(=O)OC(C)(C)C)c2ccccc2)c2ccccc2)c2ccc(C)c(C)c2)cc1. The van der Waals surface area contributed by atoms with E-state index in [1.54, 1.807) is 49.9 Å². The number of hydrogen-bond acceptors (Lipinski definition) is 4. The van der Waals surface area contributed by atoms with E-state index in [9.17, 15) is 14.4 Å². The number of alkyl carbamates (subject to hydrolysis) is 1. The molecule has 0 radical (unpaired) electrons. The Kier molecular flexibility index (Phi) is 10.8. The van der Waals surface area contributed by atoms with Crippen molar-refractivity contribution in [2.24, 2.45) is 0 Å². The van der Waals surface area contributed by atoms with Gasteiger partial charge in [0.15, 0.2) is 0 Å². The molecule has 0 aliphatic carbocycles. The first kappa shape index (κ1) is 33.0. The molecule has 234 valence electrons. The van der Waals surface area contributed by atoms with Gasteiger partial charge in [0, 0.05) is 12.2 Å². The molecule has 2 atom stereocenters. The number of nitrogens with one attached hydrogen (secondary N) is 2. The van der Waals surface area contributed by atoms with Gasteiger partial charge < -0.3 is 20.3 Å². The molecule has 0 aliphatic rings. The highest BCUT2D eigenvalue weighted by molar-refractivity contribution is 6.01. The number of ether oxygens (including phenoxy) is 1. The Morgan fingerprint density at radius 1 is 0.711 bits per heavy atom. The van der Waals surface area contributed by atoms with E-state index in [2.05, 4.69) is 34.9 Å². The van der Waals surface area contributed by atoms with Crippen LogP contribution < -0.4 is 15.5 Å². The van der Waals surface area contributed by atoms with Gasteiger partial charge in [-0.15, -0.1) is 0 Å². The minimum absolute atomic E-state index is 0.283. The highest BCUT2D eigenvalue weighted by Crippen LogP contribution is 2.26. The van der Waals surface area contributed by atoms with Gasteiger partial charge in [0.1, 0.15) is 17.7 Å². The lowest BCUT2D eigenvalue weighted by Gasteiger charge is -2.30. The van der Waals surface area contributed by atoms with Crippen LogP contribution in [0.5, 0.6) is 0 Å². The van der Waals surface area contributed by atoms with Crippen molar-refractivity contribution in [3.8, 4) is 0 Å². The Labute approximate surface area is 266 Å². The Bertz CT molecular complexity index is 1600. The molecule has 1 unspecified atom stereocenters. The second-order valence-electron chi connectivity index (χ2n) is 12.3. The van der Waals surface area contributed by atoms with E-state index in [0.717, 1.165) is 22.4 Å². The highest BCUT2D eigenvalue weighted by atomic mass is 16.6. The third-order valence-electron chi connectivity index (χ3n) is 7.54. The van der Waals surface area contributed by atoms with Crippen molar-refractivity contribution in [1.29, 1.82) is 0 Å². The lowest BCUT2D eigenvalue weighted by atomic mass is 10.0. The van der Waals surface area contributed by atoms with Crippen LogP contribution in [0.15, 0.2) is 103 Å². The predicted octanol–water partition coefficient (Wildman–Crippen LogP) is 7.31. The molecular formula is C38H43N3O4. The van der Waals surface area contributed by atoms with Crippen molar-refractivity contribution < 1.29 is 19.1 Å². The number of rotatable bonds is 10. The molecule has 0 heterocycles. The third-order valence-corrected chi connectivity index (χ3v) is 7.54. The average Bonchev–Trinajstić information content (AvgIpc) is 3.01. The monoisotopic (exact) mass is 605 g/mol. The quantitative estimate of drug-likeness (QED) is 0.198. The van der Waals surface area contributed by atoms with Crippen molar-refractivity contribution in [1.82, 2.24) is 10.6 Å². The van der Waals surface area contributed by atoms with Crippen LogP contribution in [0.4, 0.5) is 10.5 Å². The fourth-order valence-corrected chi connectivity index (χ4v) is 4.94. The maximum atomic E-state index is 14.6. The number of nitrogens with zero attached hydrogens (tertiary/aromatic N) is 1. The van der Waals surface area contributed by atoms with Gasteiger partial charge >= 0.3 is 6.09 Å². The van der Waals surface area contributed by atoms with E-state index in [-0.39, 0.29) is 5.91 Å². The van der Waals surface area contributed by atoms with Crippen LogP contribution >= 0.6 is 0 Å². The number of benzene rings is 4. The van der Waals surface area contributed by atoms with Crippen LogP contribution in [0, 0.1) is 20.8 Å². The third kappa shape index (κ3) is 9.29. The van der Waals surface area contributed by atoms with Crippen molar-refractivity contribution >= 4 is 23.6 Å². The fraction of sp³-hybridized carbons (Fsp3) is 0.289. The fourth-order valence-electron chi connectivity index (χ4n) is 4.94. The molecule has 0 aliphatic heterocycles. The summed E-state index contributed by atoms with van der Waals surface area (Å²) in [6, 6.07) is 30.2. The highest BCUT2D eigenvalue weighted by Gasteiger charge is 2.33.